The summed E-state index contributed by atoms with van der Waals surface area (Å²) in [5.41, 5.74) is 3.35. The zero-order valence-electron chi connectivity index (χ0n) is 17.8. The monoisotopic (exact) mass is 423 g/mol. The molecular weight excluding hydrogens is 398 g/mol. The van der Waals surface area contributed by atoms with Crippen molar-refractivity contribution in [1.29, 1.82) is 0 Å². The average Bonchev–Trinajstić information content (AvgIpc) is 3.31. The SMILES string of the molecule is Cc1noc(C(C)NC(=O)c2ccc3c(C(C)(C)C)nn(C4=CSCC=C4)c3c2)n1. The van der Waals surface area contributed by atoms with Gasteiger partial charge in [0.25, 0.3) is 5.91 Å². The molecule has 0 saturated carbocycles. The van der Waals surface area contributed by atoms with Gasteiger partial charge in [0, 0.05) is 22.1 Å². The highest BCUT2D eigenvalue weighted by Gasteiger charge is 2.25. The van der Waals surface area contributed by atoms with E-state index in [1.54, 1.807) is 18.7 Å². The molecule has 3 aromatic rings. The standard InChI is InChI=1S/C22H25N5O2S/c1-13(21-24-14(2)26-29-21)23-20(28)15-8-9-17-18(11-15)27(16-7-6-10-30-12-16)25-19(17)22(3,4)5/h6-9,11-13H,10H2,1-5H3,(H,23,28). The van der Waals surface area contributed by atoms with Crippen molar-refractivity contribution in [3.8, 4) is 0 Å². The zero-order chi connectivity index (χ0) is 21.5. The normalized spacial score (nSPS) is 15.3. The molecule has 0 radical (unpaired) electrons. The van der Waals surface area contributed by atoms with Crippen molar-refractivity contribution in [3.63, 3.8) is 0 Å². The summed E-state index contributed by atoms with van der Waals surface area (Å²) in [7, 11) is 0. The van der Waals surface area contributed by atoms with E-state index in [1.807, 2.05) is 29.8 Å². The Morgan fingerprint density at radius 3 is 2.77 bits per heavy atom. The molecule has 0 bridgehead atoms. The highest BCUT2D eigenvalue weighted by Crippen LogP contribution is 2.33. The van der Waals surface area contributed by atoms with Crippen LogP contribution < -0.4 is 5.32 Å². The first-order valence-electron chi connectivity index (χ1n) is 9.87. The molecule has 3 heterocycles. The minimum absolute atomic E-state index is 0.121. The van der Waals surface area contributed by atoms with Gasteiger partial charge in [0.1, 0.15) is 6.04 Å². The van der Waals surface area contributed by atoms with Gasteiger partial charge in [0.2, 0.25) is 5.89 Å². The predicted molar refractivity (Wildman–Crippen MR) is 119 cm³/mol. The lowest BCUT2D eigenvalue weighted by atomic mass is 9.90. The molecule has 1 aliphatic heterocycles. The number of thioether (sulfide) groups is 1. The van der Waals surface area contributed by atoms with Crippen molar-refractivity contribution in [2.45, 2.75) is 46.1 Å². The Kier molecular flexibility index (Phi) is 5.27. The third kappa shape index (κ3) is 3.92. The van der Waals surface area contributed by atoms with Crippen LogP contribution in [0.1, 0.15) is 61.5 Å². The molecule has 0 spiro atoms. The molecule has 0 aliphatic carbocycles. The van der Waals surface area contributed by atoms with E-state index in [1.165, 1.54) is 0 Å². The van der Waals surface area contributed by atoms with E-state index in [2.05, 4.69) is 53.8 Å². The Hall–Kier alpha value is -2.87. The Labute approximate surface area is 179 Å². The van der Waals surface area contributed by atoms with Crippen molar-refractivity contribution in [3.05, 3.63) is 58.7 Å². The van der Waals surface area contributed by atoms with E-state index in [0.29, 0.717) is 17.3 Å². The largest absolute Gasteiger partial charge is 0.341 e. The van der Waals surface area contributed by atoms with Crippen LogP contribution in [-0.4, -0.2) is 31.6 Å². The van der Waals surface area contributed by atoms with Crippen LogP contribution in [-0.2, 0) is 5.41 Å². The molecule has 2 aromatic heterocycles. The zero-order valence-corrected chi connectivity index (χ0v) is 18.6. The number of aryl methyl sites for hydroxylation is 1. The van der Waals surface area contributed by atoms with Gasteiger partial charge in [-0.05, 0) is 37.5 Å². The van der Waals surface area contributed by atoms with E-state index in [-0.39, 0.29) is 17.4 Å². The Balaban J connectivity index is 1.72. The number of carbonyl (C=O) groups excluding carboxylic acids is 1. The van der Waals surface area contributed by atoms with E-state index in [0.717, 1.165) is 28.0 Å². The second-order valence-corrected chi connectivity index (χ2v) is 9.30. The number of hydrogen-bond donors (Lipinski definition) is 1. The number of hydrogen-bond acceptors (Lipinski definition) is 6. The third-order valence-corrected chi connectivity index (χ3v) is 5.64. The molecular formula is C22H25N5O2S. The summed E-state index contributed by atoms with van der Waals surface area (Å²) in [5.74, 6) is 1.68. The lowest BCUT2D eigenvalue weighted by Crippen LogP contribution is -2.26. The fourth-order valence-corrected chi connectivity index (χ4v) is 4.01. The summed E-state index contributed by atoms with van der Waals surface area (Å²) in [6, 6.07) is 5.33. The second-order valence-electron chi connectivity index (χ2n) is 8.40. The molecule has 30 heavy (non-hydrogen) atoms. The van der Waals surface area contributed by atoms with Crippen LogP contribution >= 0.6 is 11.8 Å². The maximum Gasteiger partial charge on any atom is 0.251 e. The van der Waals surface area contributed by atoms with Crippen LogP contribution in [0.4, 0.5) is 0 Å². The van der Waals surface area contributed by atoms with Gasteiger partial charge in [-0.25, -0.2) is 4.68 Å². The van der Waals surface area contributed by atoms with Crippen molar-refractivity contribution in [2.24, 2.45) is 0 Å². The summed E-state index contributed by atoms with van der Waals surface area (Å²) in [4.78, 5) is 17.1. The van der Waals surface area contributed by atoms with Crippen LogP contribution in [0.2, 0.25) is 0 Å². The molecule has 4 rings (SSSR count). The van der Waals surface area contributed by atoms with Crippen molar-refractivity contribution >= 4 is 34.3 Å². The number of nitrogens with zero attached hydrogens (tertiary/aromatic N) is 4. The van der Waals surface area contributed by atoms with Gasteiger partial charge >= 0.3 is 0 Å². The van der Waals surface area contributed by atoms with Crippen LogP contribution in [0.3, 0.4) is 0 Å². The highest BCUT2D eigenvalue weighted by atomic mass is 32.2. The fraction of sp³-hybridized carbons (Fsp3) is 0.364. The first kappa shape index (κ1) is 20.4. The minimum Gasteiger partial charge on any atom is -0.341 e. The Morgan fingerprint density at radius 1 is 1.33 bits per heavy atom. The molecule has 0 fully saturated rings. The fourth-order valence-electron chi connectivity index (χ4n) is 3.36. The molecule has 1 aromatic carbocycles. The van der Waals surface area contributed by atoms with Crippen molar-refractivity contribution < 1.29 is 9.32 Å². The molecule has 1 aliphatic rings. The maximum atomic E-state index is 12.9. The van der Waals surface area contributed by atoms with Gasteiger partial charge in [-0.2, -0.15) is 10.1 Å². The smallest absolute Gasteiger partial charge is 0.251 e. The maximum absolute atomic E-state index is 12.9. The number of fused-ring (bicyclic) bond motifs is 1. The highest BCUT2D eigenvalue weighted by molar-refractivity contribution is 8.02. The van der Waals surface area contributed by atoms with Gasteiger partial charge < -0.3 is 9.84 Å². The first-order chi connectivity index (χ1) is 14.2. The van der Waals surface area contributed by atoms with E-state index in [4.69, 9.17) is 9.62 Å². The number of rotatable bonds is 4. The summed E-state index contributed by atoms with van der Waals surface area (Å²) >= 11 is 1.73. The summed E-state index contributed by atoms with van der Waals surface area (Å²) in [5, 5.41) is 14.8. The summed E-state index contributed by atoms with van der Waals surface area (Å²) in [6.07, 6.45) is 4.19. The van der Waals surface area contributed by atoms with Gasteiger partial charge in [-0.3, -0.25) is 4.79 Å². The van der Waals surface area contributed by atoms with Gasteiger partial charge in [-0.15, -0.1) is 11.8 Å². The van der Waals surface area contributed by atoms with Crippen molar-refractivity contribution in [2.75, 3.05) is 5.75 Å². The van der Waals surface area contributed by atoms with E-state index >= 15 is 0 Å². The second kappa shape index (κ2) is 7.75. The quantitative estimate of drug-likeness (QED) is 0.659. The minimum atomic E-state index is -0.384. The lowest BCUT2D eigenvalue weighted by Gasteiger charge is -2.15. The molecule has 1 N–H and O–H groups in total. The van der Waals surface area contributed by atoms with Gasteiger partial charge in [0.15, 0.2) is 5.82 Å². The Bertz CT molecular complexity index is 1170. The van der Waals surface area contributed by atoms with E-state index in [9.17, 15) is 4.79 Å². The molecule has 8 heteroatoms. The average molecular weight is 424 g/mol. The van der Waals surface area contributed by atoms with Gasteiger partial charge in [0.05, 0.1) is 16.9 Å². The molecule has 1 unspecified atom stereocenters. The summed E-state index contributed by atoms with van der Waals surface area (Å²) in [6.45, 7) is 10.0. The number of carbonyl (C=O) groups is 1. The van der Waals surface area contributed by atoms with Crippen LogP contribution in [0.5, 0.6) is 0 Å². The van der Waals surface area contributed by atoms with Gasteiger partial charge in [-0.1, -0.05) is 38.1 Å². The number of amides is 1. The number of benzene rings is 1. The third-order valence-electron chi connectivity index (χ3n) is 4.84. The van der Waals surface area contributed by atoms with Crippen LogP contribution in [0, 0.1) is 6.92 Å². The molecule has 7 nitrogen and oxygen atoms in total. The van der Waals surface area contributed by atoms with Crippen LogP contribution in [0.25, 0.3) is 16.6 Å². The number of aromatic nitrogens is 4. The number of allylic oxidation sites excluding steroid dienone is 2. The molecule has 0 saturated heterocycles. The Morgan fingerprint density at radius 2 is 2.13 bits per heavy atom. The predicted octanol–water partition coefficient (Wildman–Crippen LogP) is 4.62. The van der Waals surface area contributed by atoms with E-state index < -0.39 is 0 Å². The summed E-state index contributed by atoms with van der Waals surface area (Å²) < 4.78 is 7.10. The first-order valence-corrected chi connectivity index (χ1v) is 10.9. The molecule has 1 atom stereocenters. The van der Waals surface area contributed by atoms with Crippen molar-refractivity contribution in [1.82, 2.24) is 25.2 Å². The number of nitrogens with one attached hydrogen (secondary N) is 1. The topological polar surface area (TPSA) is 85.8 Å². The lowest BCUT2D eigenvalue weighted by molar-refractivity contribution is 0.0932. The van der Waals surface area contributed by atoms with Crippen LogP contribution in [0.15, 0.2) is 40.3 Å². The molecule has 1 amide bonds. The molecule has 156 valence electrons.